The van der Waals surface area contributed by atoms with Crippen LogP contribution < -0.4 is 0 Å². The van der Waals surface area contributed by atoms with Gasteiger partial charge in [-0.3, -0.25) is 9.59 Å². The number of fused-ring (bicyclic) bond motifs is 1. The van der Waals surface area contributed by atoms with E-state index in [1.165, 1.54) is 5.56 Å². The third kappa shape index (κ3) is 2.39. The number of carbonyl (C=O) groups excluding carboxylic acids is 2. The average Bonchev–Trinajstić information content (AvgIpc) is 2.83. The van der Waals surface area contributed by atoms with Gasteiger partial charge in [0.2, 0.25) is 6.41 Å². The van der Waals surface area contributed by atoms with Crippen molar-refractivity contribution in [2.45, 2.75) is 6.92 Å². The molecule has 2 heterocycles. The lowest BCUT2D eigenvalue weighted by atomic mass is 10.2. The highest BCUT2D eigenvalue weighted by Crippen LogP contribution is 2.21. The summed E-state index contributed by atoms with van der Waals surface area (Å²) in [6.45, 7) is 4.46. The maximum Gasteiger partial charge on any atom is 0.270 e. The zero-order valence-electron chi connectivity index (χ0n) is 12.4. The molecule has 0 N–H and O–H groups in total. The number of nitrogens with zero attached hydrogens (tertiary/aromatic N) is 3. The zero-order valence-corrected chi connectivity index (χ0v) is 12.4. The molecule has 1 fully saturated rings. The van der Waals surface area contributed by atoms with Crippen LogP contribution in [0.3, 0.4) is 0 Å². The molecule has 2 amide bonds. The van der Waals surface area contributed by atoms with Crippen LogP contribution in [0.2, 0.25) is 0 Å². The number of aromatic nitrogens is 1. The Labute approximate surface area is 123 Å². The molecule has 1 aliphatic heterocycles. The first-order chi connectivity index (χ1) is 10.1. The van der Waals surface area contributed by atoms with Crippen molar-refractivity contribution in [1.29, 1.82) is 0 Å². The molecule has 0 spiro atoms. The Morgan fingerprint density at radius 3 is 2.52 bits per heavy atom. The molecule has 0 unspecified atom stereocenters. The molecule has 1 aliphatic rings. The van der Waals surface area contributed by atoms with Crippen LogP contribution in [0.15, 0.2) is 24.3 Å². The van der Waals surface area contributed by atoms with Crippen molar-refractivity contribution < 1.29 is 9.59 Å². The summed E-state index contributed by atoms with van der Waals surface area (Å²) in [7, 11) is 1.92. The Morgan fingerprint density at radius 2 is 1.86 bits per heavy atom. The number of aryl methyl sites for hydroxylation is 2. The molecule has 1 aromatic heterocycles. The van der Waals surface area contributed by atoms with E-state index in [2.05, 4.69) is 12.1 Å². The van der Waals surface area contributed by atoms with Crippen molar-refractivity contribution in [1.82, 2.24) is 14.4 Å². The fraction of sp³-hybridized carbons (Fsp3) is 0.375. The quantitative estimate of drug-likeness (QED) is 0.783. The Morgan fingerprint density at radius 1 is 1.14 bits per heavy atom. The highest BCUT2D eigenvalue weighted by Gasteiger charge is 2.23. The van der Waals surface area contributed by atoms with Gasteiger partial charge in [0.25, 0.3) is 5.91 Å². The Kier molecular flexibility index (Phi) is 3.41. The fourth-order valence-corrected chi connectivity index (χ4v) is 2.87. The number of benzene rings is 1. The van der Waals surface area contributed by atoms with Crippen LogP contribution in [0, 0.1) is 6.92 Å². The molecule has 5 heteroatoms. The van der Waals surface area contributed by atoms with Gasteiger partial charge in [-0.05, 0) is 25.1 Å². The second-order valence-electron chi connectivity index (χ2n) is 5.58. The van der Waals surface area contributed by atoms with Gasteiger partial charge in [-0.15, -0.1) is 0 Å². The van der Waals surface area contributed by atoms with Crippen LogP contribution >= 0.6 is 0 Å². The van der Waals surface area contributed by atoms with E-state index >= 15 is 0 Å². The molecule has 0 bridgehead atoms. The molecule has 1 aromatic carbocycles. The summed E-state index contributed by atoms with van der Waals surface area (Å²) in [5.41, 5.74) is 2.96. The Balaban J connectivity index is 1.88. The van der Waals surface area contributed by atoms with Crippen LogP contribution in [0.1, 0.15) is 16.1 Å². The number of amides is 2. The molecule has 21 heavy (non-hydrogen) atoms. The largest absolute Gasteiger partial charge is 0.342 e. The topological polar surface area (TPSA) is 45.6 Å². The van der Waals surface area contributed by atoms with E-state index in [9.17, 15) is 9.59 Å². The van der Waals surface area contributed by atoms with Crippen LogP contribution in [-0.2, 0) is 11.8 Å². The number of piperazine rings is 1. The minimum Gasteiger partial charge on any atom is -0.342 e. The SMILES string of the molecule is Cc1ccc2c(c1)cc(C(=O)N1CCN(C=O)CC1)n2C. The van der Waals surface area contributed by atoms with Crippen LogP contribution in [0.4, 0.5) is 0 Å². The molecule has 0 saturated carbocycles. The van der Waals surface area contributed by atoms with Crippen LogP contribution in [0.25, 0.3) is 10.9 Å². The smallest absolute Gasteiger partial charge is 0.270 e. The van der Waals surface area contributed by atoms with Crippen LogP contribution in [-0.4, -0.2) is 52.9 Å². The lowest BCUT2D eigenvalue weighted by molar-refractivity contribution is -0.119. The van der Waals surface area contributed by atoms with E-state index < -0.39 is 0 Å². The van der Waals surface area contributed by atoms with Crippen molar-refractivity contribution in [2.75, 3.05) is 26.2 Å². The first kappa shape index (κ1) is 13.7. The van der Waals surface area contributed by atoms with Gasteiger partial charge >= 0.3 is 0 Å². The summed E-state index contributed by atoms with van der Waals surface area (Å²) in [6.07, 6.45) is 0.849. The average molecular weight is 285 g/mol. The second kappa shape index (κ2) is 5.24. The molecular formula is C16H19N3O2. The van der Waals surface area contributed by atoms with E-state index in [-0.39, 0.29) is 5.91 Å². The van der Waals surface area contributed by atoms with Crippen molar-refractivity contribution in [3.05, 3.63) is 35.5 Å². The first-order valence-electron chi connectivity index (χ1n) is 7.15. The highest BCUT2D eigenvalue weighted by atomic mass is 16.2. The van der Waals surface area contributed by atoms with E-state index in [1.807, 2.05) is 35.6 Å². The number of hydrogen-bond donors (Lipinski definition) is 0. The Bertz CT molecular complexity index is 697. The lowest BCUT2D eigenvalue weighted by Gasteiger charge is -2.32. The second-order valence-corrected chi connectivity index (χ2v) is 5.58. The maximum absolute atomic E-state index is 12.7. The monoisotopic (exact) mass is 285 g/mol. The first-order valence-corrected chi connectivity index (χ1v) is 7.15. The molecule has 5 nitrogen and oxygen atoms in total. The van der Waals surface area contributed by atoms with Crippen molar-refractivity contribution in [2.24, 2.45) is 7.05 Å². The van der Waals surface area contributed by atoms with Crippen molar-refractivity contribution in [3.63, 3.8) is 0 Å². The predicted octanol–water partition coefficient (Wildman–Crippen LogP) is 1.40. The summed E-state index contributed by atoms with van der Waals surface area (Å²) in [5, 5.41) is 1.09. The van der Waals surface area contributed by atoms with Gasteiger partial charge in [0, 0.05) is 44.1 Å². The molecule has 3 rings (SSSR count). The number of hydrogen-bond acceptors (Lipinski definition) is 2. The van der Waals surface area contributed by atoms with Gasteiger partial charge in [-0.25, -0.2) is 0 Å². The molecule has 0 aliphatic carbocycles. The number of carbonyl (C=O) groups is 2. The van der Waals surface area contributed by atoms with Crippen molar-refractivity contribution >= 4 is 23.2 Å². The molecule has 0 radical (unpaired) electrons. The maximum atomic E-state index is 12.7. The highest BCUT2D eigenvalue weighted by molar-refractivity contribution is 5.99. The minimum atomic E-state index is 0.0388. The van der Waals surface area contributed by atoms with Gasteiger partial charge in [0.05, 0.1) is 0 Å². The lowest BCUT2D eigenvalue weighted by Crippen LogP contribution is -2.48. The summed E-state index contributed by atoms with van der Waals surface area (Å²) in [6, 6.07) is 8.15. The van der Waals surface area contributed by atoms with Crippen molar-refractivity contribution in [3.8, 4) is 0 Å². The van der Waals surface area contributed by atoms with E-state index in [0.717, 1.165) is 17.3 Å². The minimum absolute atomic E-state index is 0.0388. The summed E-state index contributed by atoms with van der Waals surface area (Å²) in [5.74, 6) is 0.0388. The Hall–Kier alpha value is -2.30. The van der Waals surface area contributed by atoms with Gasteiger partial charge in [-0.2, -0.15) is 0 Å². The van der Waals surface area contributed by atoms with E-state index in [4.69, 9.17) is 0 Å². The number of rotatable bonds is 2. The fourth-order valence-electron chi connectivity index (χ4n) is 2.87. The van der Waals surface area contributed by atoms with Gasteiger partial charge in [0.15, 0.2) is 0 Å². The van der Waals surface area contributed by atoms with E-state index in [0.29, 0.717) is 31.9 Å². The van der Waals surface area contributed by atoms with Gasteiger partial charge in [0.1, 0.15) is 5.69 Å². The van der Waals surface area contributed by atoms with Gasteiger partial charge in [-0.1, -0.05) is 11.6 Å². The molecular weight excluding hydrogens is 266 g/mol. The molecule has 110 valence electrons. The predicted molar refractivity (Wildman–Crippen MR) is 81.2 cm³/mol. The summed E-state index contributed by atoms with van der Waals surface area (Å²) < 4.78 is 1.95. The summed E-state index contributed by atoms with van der Waals surface area (Å²) >= 11 is 0. The zero-order chi connectivity index (χ0) is 15.0. The van der Waals surface area contributed by atoms with E-state index in [1.54, 1.807) is 4.90 Å². The molecule has 2 aromatic rings. The molecule has 1 saturated heterocycles. The normalized spacial score (nSPS) is 15.5. The van der Waals surface area contributed by atoms with Crippen LogP contribution in [0.5, 0.6) is 0 Å². The molecule has 0 atom stereocenters. The van der Waals surface area contributed by atoms with Gasteiger partial charge < -0.3 is 14.4 Å². The standard InChI is InChI=1S/C16H19N3O2/c1-12-3-4-14-13(9-12)10-15(17(14)2)16(21)19-7-5-18(11-20)6-8-19/h3-4,9-11H,5-8H2,1-2H3. The summed E-state index contributed by atoms with van der Waals surface area (Å²) in [4.78, 5) is 26.9. The third-order valence-electron chi connectivity index (χ3n) is 4.17. The third-order valence-corrected chi connectivity index (χ3v) is 4.17.